The van der Waals surface area contributed by atoms with Gasteiger partial charge in [-0.2, -0.15) is 57.1 Å². The number of hydrogen-bond donors (Lipinski definition) is 0. The third kappa shape index (κ3) is 4.31. The molecule has 0 radical (unpaired) electrons. The number of hydrogen-bond acceptors (Lipinski definition) is 5. The molecule has 1 unspecified atom stereocenters. The van der Waals surface area contributed by atoms with Gasteiger partial charge in [-0.25, -0.2) is 4.79 Å². The summed E-state index contributed by atoms with van der Waals surface area (Å²) >= 11 is 0. The molecule has 0 aromatic carbocycles. The normalized spacial score (nSPS) is 21.9. The predicted octanol–water partition coefficient (Wildman–Crippen LogP) is 4.17. The second-order valence-electron chi connectivity index (χ2n) is 4.91. The lowest BCUT2D eigenvalue weighted by molar-refractivity contribution is -0.533. The smallest absolute Gasteiger partial charge is 0.430 e. The van der Waals surface area contributed by atoms with E-state index in [1.165, 1.54) is 0 Å². The Morgan fingerprint density at radius 1 is 0.821 bits per heavy atom. The fraction of sp³-hybridized carbons (Fsp3) is 0.900. The molecule has 1 heterocycles. The first kappa shape index (κ1) is 24.3. The van der Waals surface area contributed by atoms with E-state index in [-0.39, 0.29) is 0 Å². The Labute approximate surface area is 144 Å². The van der Waals surface area contributed by atoms with Crippen LogP contribution in [0.1, 0.15) is 0 Å². The first-order valence-corrected chi connectivity index (χ1v) is 6.31. The minimum atomic E-state index is -7.51. The number of cyclic esters (lactones) is 2. The maximum atomic E-state index is 13.7. The van der Waals surface area contributed by atoms with Gasteiger partial charge in [0.15, 0.2) is 6.10 Å². The number of rotatable bonds is 7. The fourth-order valence-electron chi connectivity index (χ4n) is 1.43. The SMILES string of the molecule is O=C1OCC(COC(F)(F)[C@](F)(OC(F)(F)C(F)(F)C(F)(F)F)C(F)(F)F)O1. The van der Waals surface area contributed by atoms with Crippen molar-refractivity contribution >= 4 is 6.16 Å². The van der Waals surface area contributed by atoms with E-state index < -0.39 is 61.8 Å². The van der Waals surface area contributed by atoms with E-state index in [1.807, 2.05) is 0 Å². The molecule has 0 aliphatic carbocycles. The van der Waals surface area contributed by atoms with E-state index in [9.17, 15) is 61.9 Å². The van der Waals surface area contributed by atoms with Gasteiger partial charge in [-0.3, -0.25) is 4.74 Å². The molecular formula is C10H5F13O5. The summed E-state index contributed by atoms with van der Waals surface area (Å²) in [4.78, 5) is 10.5. The summed E-state index contributed by atoms with van der Waals surface area (Å²) in [5.41, 5.74) is 0. The summed E-state index contributed by atoms with van der Waals surface area (Å²) < 4.78 is 178. The maximum Gasteiger partial charge on any atom is 0.508 e. The van der Waals surface area contributed by atoms with Crippen molar-refractivity contribution in [1.82, 2.24) is 0 Å². The molecule has 1 saturated heterocycles. The average Bonchev–Trinajstić information content (AvgIpc) is 2.87. The van der Waals surface area contributed by atoms with Gasteiger partial charge in [0.25, 0.3) is 0 Å². The largest absolute Gasteiger partial charge is 0.508 e. The number of carbonyl (C=O) groups is 1. The highest BCUT2D eigenvalue weighted by molar-refractivity contribution is 5.61. The molecule has 5 nitrogen and oxygen atoms in total. The molecule has 166 valence electrons. The Morgan fingerprint density at radius 3 is 1.68 bits per heavy atom. The molecule has 0 spiro atoms. The van der Waals surface area contributed by atoms with Crippen molar-refractivity contribution in [2.75, 3.05) is 13.2 Å². The first-order chi connectivity index (χ1) is 12.2. The van der Waals surface area contributed by atoms with Crippen molar-refractivity contribution in [2.24, 2.45) is 0 Å². The van der Waals surface area contributed by atoms with Crippen molar-refractivity contribution in [3.05, 3.63) is 0 Å². The summed E-state index contributed by atoms with van der Waals surface area (Å²) in [7, 11) is 0. The van der Waals surface area contributed by atoms with Gasteiger partial charge < -0.3 is 14.2 Å². The molecule has 2 atom stereocenters. The fourth-order valence-corrected chi connectivity index (χ4v) is 1.43. The molecule has 0 N–H and O–H groups in total. The van der Waals surface area contributed by atoms with Crippen LogP contribution in [0.3, 0.4) is 0 Å². The molecule has 0 amide bonds. The number of halogens is 13. The topological polar surface area (TPSA) is 54.0 Å². The van der Waals surface area contributed by atoms with Crippen LogP contribution in [0.2, 0.25) is 0 Å². The monoisotopic (exact) mass is 452 g/mol. The maximum absolute atomic E-state index is 13.7. The van der Waals surface area contributed by atoms with Crippen LogP contribution in [0.25, 0.3) is 0 Å². The minimum absolute atomic E-state index is 0.927. The molecule has 0 bridgehead atoms. The van der Waals surface area contributed by atoms with Gasteiger partial charge in [-0.05, 0) is 0 Å². The summed E-state index contributed by atoms with van der Waals surface area (Å²) in [5.74, 6) is -14.7. The zero-order chi connectivity index (χ0) is 22.4. The van der Waals surface area contributed by atoms with E-state index in [1.54, 1.807) is 4.74 Å². The molecule has 1 rings (SSSR count). The third-order valence-electron chi connectivity index (χ3n) is 2.83. The third-order valence-corrected chi connectivity index (χ3v) is 2.83. The van der Waals surface area contributed by atoms with Crippen LogP contribution in [0, 0.1) is 0 Å². The number of carbonyl (C=O) groups excluding carboxylic acids is 1. The van der Waals surface area contributed by atoms with Crippen LogP contribution < -0.4 is 0 Å². The summed E-state index contributed by atoms with van der Waals surface area (Å²) in [6, 6.07) is 0. The Bertz CT molecular complexity index is 585. The van der Waals surface area contributed by atoms with Gasteiger partial charge >= 0.3 is 42.5 Å². The average molecular weight is 452 g/mol. The van der Waals surface area contributed by atoms with Crippen LogP contribution in [-0.2, 0) is 18.9 Å². The molecule has 1 fully saturated rings. The second-order valence-corrected chi connectivity index (χ2v) is 4.91. The lowest BCUT2D eigenvalue weighted by Crippen LogP contribution is -2.65. The Balaban J connectivity index is 3.18. The molecule has 0 aromatic heterocycles. The molecule has 0 aromatic rings. The van der Waals surface area contributed by atoms with Gasteiger partial charge in [0, 0.05) is 0 Å². The lowest BCUT2D eigenvalue weighted by atomic mass is 10.2. The van der Waals surface area contributed by atoms with Crippen LogP contribution in [0.4, 0.5) is 61.9 Å². The van der Waals surface area contributed by atoms with Crippen molar-refractivity contribution in [3.8, 4) is 0 Å². The summed E-state index contributed by atoms with van der Waals surface area (Å²) in [6.07, 6.45) is -32.1. The van der Waals surface area contributed by atoms with E-state index >= 15 is 0 Å². The molecule has 0 saturated carbocycles. The Morgan fingerprint density at radius 2 is 1.32 bits per heavy atom. The predicted molar refractivity (Wildman–Crippen MR) is 54.0 cm³/mol. The first-order valence-electron chi connectivity index (χ1n) is 6.31. The molecule has 28 heavy (non-hydrogen) atoms. The molecule has 1 aliphatic rings. The van der Waals surface area contributed by atoms with Gasteiger partial charge in [-0.1, -0.05) is 0 Å². The molecule has 1 aliphatic heterocycles. The van der Waals surface area contributed by atoms with Crippen molar-refractivity contribution < 1.29 is 80.8 Å². The number of ether oxygens (including phenoxy) is 4. The molecule has 18 heteroatoms. The van der Waals surface area contributed by atoms with Crippen LogP contribution in [0.15, 0.2) is 0 Å². The van der Waals surface area contributed by atoms with Crippen molar-refractivity contribution in [2.45, 2.75) is 42.5 Å². The molecular weight excluding hydrogens is 447 g/mol. The van der Waals surface area contributed by atoms with Gasteiger partial charge in [0.2, 0.25) is 0 Å². The Kier molecular flexibility index (Phi) is 6.04. The quantitative estimate of drug-likeness (QED) is 0.429. The Hall–Kier alpha value is -1.72. The highest BCUT2D eigenvalue weighted by Crippen LogP contribution is 2.54. The number of alkyl halides is 13. The van der Waals surface area contributed by atoms with E-state index in [4.69, 9.17) is 0 Å². The summed E-state index contributed by atoms with van der Waals surface area (Å²) in [6.45, 7) is -2.80. The van der Waals surface area contributed by atoms with Crippen LogP contribution in [-0.4, -0.2) is 61.8 Å². The van der Waals surface area contributed by atoms with Crippen molar-refractivity contribution in [3.63, 3.8) is 0 Å². The standard InChI is InChI=1S/C10H5F13O5/c11-5(12,7(14,15)16)9(20,21)28-6(13,8(17,18)19)10(22,23)26-2-3-1-25-4(24)27-3/h3H,1-2H2/t3?,6-/m1/s1. The van der Waals surface area contributed by atoms with Crippen LogP contribution in [0.5, 0.6) is 0 Å². The minimum Gasteiger partial charge on any atom is -0.430 e. The van der Waals surface area contributed by atoms with Gasteiger partial charge in [0.05, 0.1) is 6.61 Å². The van der Waals surface area contributed by atoms with Crippen molar-refractivity contribution in [1.29, 1.82) is 0 Å². The lowest BCUT2D eigenvalue weighted by Gasteiger charge is -2.38. The van der Waals surface area contributed by atoms with Crippen LogP contribution >= 0.6 is 0 Å². The van der Waals surface area contributed by atoms with E-state index in [0.717, 1.165) is 0 Å². The summed E-state index contributed by atoms with van der Waals surface area (Å²) in [5, 5.41) is 0. The zero-order valence-corrected chi connectivity index (χ0v) is 12.4. The zero-order valence-electron chi connectivity index (χ0n) is 12.4. The highest BCUT2D eigenvalue weighted by Gasteiger charge is 2.83. The van der Waals surface area contributed by atoms with Gasteiger partial charge in [-0.15, -0.1) is 0 Å². The highest BCUT2D eigenvalue weighted by atomic mass is 19.4. The second kappa shape index (κ2) is 6.96. The van der Waals surface area contributed by atoms with Gasteiger partial charge in [0.1, 0.15) is 6.61 Å². The van der Waals surface area contributed by atoms with E-state index in [0.29, 0.717) is 0 Å². The van der Waals surface area contributed by atoms with E-state index in [2.05, 4.69) is 14.2 Å².